The third-order valence-corrected chi connectivity index (χ3v) is 9.50. The summed E-state index contributed by atoms with van der Waals surface area (Å²) < 4.78 is 0. The van der Waals surface area contributed by atoms with Crippen molar-refractivity contribution in [1.82, 2.24) is 4.90 Å². The molecular weight excluding hydrogens is 414 g/mol. The van der Waals surface area contributed by atoms with Gasteiger partial charge in [0.05, 0.1) is 23.2 Å². The molecule has 1 aromatic carbocycles. The lowest BCUT2D eigenvalue weighted by Gasteiger charge is -2.57. The molecule has 1 heterocycles. The number of carbonyl (C=O) groups is 3. The molecule has 6 bridgehead atoms. The number of para-hydroxylation sites is 2. The van der Waals surface area contributed by atoms with Gasteiger partial charge in [0, 0.05) is 5.54 Å². The Bertz CT molecular complexity index is 1010. The SMILES string of the molecule is O=C(CN1C(=O)C2C3C=CC(C3)C2C1=O)Nc1ccccc1NC12CC3CC(CC(C3)C1)C2. The van der Waals surface area contributed by atoms with Crippen LogP contribution in [0.3, 0.4) is 0 Å². The first-order valence-corrected chi connectivity index (χ1v) is 12.7. The van der Waals surface area contributed by atoms with E-state index in [-0.39, 0.29) is 53.5 Å². The van der Waals surface area contributed by atoms with Gasteiger partial charge in [-0.1, -0.05) is 24.3 Å². The molecule has 3 amide bonds. The van der Waals surface area contributed by atoms with E-state index in [1.807, 2.05) is 24.3 Å². The second-order valence-electron chi connectivity index (χ2n) is 11.7. The highest BCUT2D eigenvalue weighted by Gasteiger charge is 2.59. The number of anilines is 2. The van der Waals surface area contributed by atoms with E-state index < -0.39 is 0 Å². The van der Waals surface area contributed by atoms with Crippen LogP contribution >= 0.6 is 0 Å². The zero-order chi connectivity index (χ0) is 22.3. The molecule has 0 spiro atoms. The maximum atomic E-state index is 13.0. The molecule has 1 aromatic rings. The van der Waals surface area contributed by atoms with Crippen LogP contribution in [0.1, 0.15) is 44.9 Å². The molecule has 7 aliphatic rings. The van der Waals surface area contributed by atoms with Crippen molar-refractivity contribution >= 4 is 29.1 Å². The number of nitrogens with one attached hydrogen (secondary N) is 2. The van der Waals surface area contributed by atoms with E-state index in [0.717, 1.165) is 35.5 Å². The monoisotopic (exact) mass is 445 g/mol. The van der Waals surface area contributed by atoms with Gasteiger partial charge >= 0.3 is 0 Å². The molecule has 6 nitrogen and oxygen atoms in total. The first kappa shape index (κ1) is 19.8. The molecule has 0 radical (unpaired) electrons. The van der Waals surface area contributed by atoms with Crippen molar-refractivity contribution in [2.24, 2.45) is 41.4 Å². The molecule has 1 aliphatic heterocycles. The number of fused-ring (bicyclic) bond motifs is 5. The molecule has 1 saturated heterocycles. The third-order valence-electron chi connectivity index (χ3n) is 9.50. The molecule has 4 unspecified atom stereocenters. The van der Waals surface area contributed by atoms with E-state index in [1.54, 1.807) is 0 Å². The Labute approximate surface area is 194 Å². The normalized spacial score (nSPS) is 41.7. The van der Waals surface area contributed by atoms with Crippen LogP contribution in [0.4, 0.5) is 11.4 Å². The third kappa shape index (κ3) is 3.02. The summed E-state index contributed by atoms with van der Waals surface area (Å²) in [7, 11) is 0. The van der Waals surface area contributed by atoms with Crippen LogP contribution in [0, 0.1) is 41.4 Å². The molecular formula is C27H31N3O3. The number of hydrogen-bond acceptors (Lipinski definition) is 4. The predicted octanol–water partition coefficient (Wildman–Crippen LogP) is 3.81. The van der Waals surface area contributed by atoms with Crippen LogP contribution in [0.5, 0.6) is 0 Å². The van der Waals surface area contributed by atoms with E-state index in [4.69, 9.17) is 0 Å². The van der Waals surface area contributed by atoms with Crippen molar-refractivity contribution in [3.63, 3.8) is 0 Å². The summed E-state index contributed by atoms with van der Waals surface area (Å²) in [5, 5.41) is 6.86. The van der Waals surface area contributed by atoms with Gasteiger partial charge in [0.1, 0.15) is 6.54 Å². The molecule has 2 N–H and O–H groups in total. The van der Waals surface area contributed by atoms with Crippen LogP contribution in [0.2, 0.25) is 0 Å². The Kier molecular flexibility index (Phi) is 4.16. The fourth-order valence-electron chi connectivity index (χ4n) is 8.70. The summed E-state index contributed by atoms with van der Waals surface area (Å²) in [4.78, 5) is 40.0. The van der Waals surface area contributed by atoms with Crippen LogP contribution in [-0.2, 0) is 14.4 Å². The number of allylic oxidation sites excluding steroid dienone is 2. The highest BCUT2D eigenvalue weighted by Crippen LogP contribution is 2.57. The maximum absolute atomic E-state index is 13.0. The van der Waals surface area contributed by atoms with Crippen molar-refractivity contribution in [1.29, 1.82) is 0 Å². The number of likely N-dealkylation sites (tertiary alicyclic amines) is 1. The maximum Gasteiger partial charge on any atom is 0.244 e. The summed E-state index contributed by atoms with van der Waals surface area (Å²) in [6.45, 7) is -0.199. The van der Waals surface area contributed by atoms with Crippen LogP contribution in [0.25, 0.3) is 0 Å². The highest BCUT2D eigenvalue weighted by molar-refractivity contribution is 6.09. The lowest BCUT2D eigenvalue weighted by Crippen LogP contribution is -2.54. The molecule has 6 aliphatic carbocycles. The zero-order valence-corrected chi connectivity index (χ0v) is 18.8. The van der Waals surface area contributed by atoms with Gasteiger partial charge in [-0.25, -0.2) is 0 Å². The van der Waals surface area contributed by atoms with Gasteiger partial charge in [0.25, 0.3) is 0 Å². The van der Waals surface area contributed by atoms with Gasteiger partial charge in [0.15, 0.2) is 0 Å². The average Bonchev–Trinajstić information content (AvgIpc) is 3.44. The van der Waals surface area contributed by atoms with E-state index in [9.17, 15) is 14.4 Å². The predicted molar refractivity (Wildman–Crippen MR) is 124 cm³/mol. The Hall–Kier alpha value is -2.63. The van der Waals surface area contributed by atoms with Crippen molar-refractivity contribution < 1.29 is 14.4 Å². The van der Waals surface area contributed by atoms with E-state index in [1.165, 1.54) is 43.4 Å². The molecule has 172 valence electrons. The molecule has 4 atom stereocenters. The smallest absolute Gasteiger partial charge is 0.244 e. The molecule has 0 aromatic heterocycles. The van der Waals surface area contributed by atoms with Gasteiger partial charge in [-0.3, -0.25) is 19.3 Å². The second kappa shape index (κ2) is 6.94. The molecule has 33 heavy (non-hydrogen) atoms. The molecule has 5 saturated carbocycles. The summed E-state index contributed by atoms with van der Waals surface area (Å²) in [6.07, 6.45) is 12.9. The minimum Gasteiger partial charge on any atom is -0.378 e. The van der Waals surface area contributed by atoms with Gasteiger partial charge in [0.2, 0.25) is 17.7 Å². The van der Waals surface area contributed by atoms with Crippen molar-refractivity contribution in [2.75, 3.05) is 17.2 Å². The Morgan fingerprint density at radius 1 is 0.848 bits per heavy atom. The highest BCUT2D eigenvalue weighted by atomic mass is 16.2. The first-order chi connectivity index (χ1) is 16.0. The van der Waals surface area contributed by atoms with E-state index in [0.29, 0.717) is 0 Å². The number of nitrogens with zero attached hydrogens (tertiary/aromatic N) is 1. The number of rotatable bonds is 5. The zero-order valence-electron chi connectivity index (χ0n) is 18.8. The van der Waals surface area contributed by atoms with Gasteiger partial charge in [-0.05, 0) is 86.7 Å². The van der Waals surface area contributed by atoms with Crippen molar-refractivity contribution in [2.45, 2.75) is 50.5 Å². The fourth-order valence-corrected chi connectivity index (χ4v) is 8.70. The van der Waals surface area contributed by atoms with Crippen LogP contribution in [-0.4, -0.2) is 34.7 Å². The molecule has 6 fully saturated rings. The molecule has 8 rings (SSSR count). The largest absolute Gasteiger partial charge is 0.378 e. The summed E-state index contributed by atoms with van der Waals surface area (Å²) in [6, 6.07) is 7.86. The Morgan fingerprint density at radius 2 is 1.39 bits per heavy atom. The second-order valence-corrected chi connectivity index (χ2v) is 11.7. The fraction of sp³-hybridized carbons (Fsp3) is 0.593. The minimum absolute atomic E-state index is 0.139. The number of hydrogen-bond donors (Lipinski definition) is 2. The van der Waals surface area contributed by atoms with Crippen LogP contribution < -0.4 is 10.6 Å². The lowest BCUT2D eigenvalue weighted by molar-refractivity contribution is -0.143. The number of carbonyl (C=O) groups excluding carboxylic acids is 3. The summed E-state index contributed by atoms with van der Waals surface area (Å²) in [5.41, 5.74) is 1.82. The van der Waals surface area contributed by atoms with Gasteiger partial charge < -0.3 is 10.6 Å². The Morgan fingerprint density at radius 3 is 1.97 bits per heavy atom. The van der Waals surface area contributed by atoms with Crippen molar-refractivity contribution in [3.8, 4) is 0 Å². The topological polar surface area (TPSA) is 78.5 Å². The number of amides is 3. The van der Waals surface area contributed by atoms with E-state index >= 15 is 0 Å². The van der Waals surface area contributed by atoms with Crippen molar-refractivity contribution in [3.05, 3.63) is 36.4 Å². The minimum atomic E-state index is -0.309. The summed E-state index contributed by atoms with van der Waals surface area (Å²) in [5.74, 6) is 1.66. The Balaban J connectivity index is 1.06. The number of benzene rings is 1. The first-order valence-electron chi connectivity index (χ1n) is 12.7. The lowest BCUT2D eigenvalue weighted by atomic mass is 9.53. The van der Waals surface area contributed by atoms with Crippen LogP contribution in [0.15, 0.2) is 36.4 Å². The summed E-state index contributed by atoms with van der Waals surface area (Å²) >= 11 is 0. The van der Waals surface area contributed by atoms with Gasteiger partial charge in [-0.15, -0.1) is 0 Å². The molecule has 6 heteroatoms. The average molecular weight is 446 g/mol. The standard InChI is InChI=1S/C27H31N3O3/c31-22(14-30-25(32)23-18-5-6-19(10-18)24(23)26(30)33)28-20-3-1-2-4-21(20)29-27-11-15-7-16(12-27)9-17(8-15)13-27/h1-6,15-19,23-24,29H,7-14H2,(H,28,31). The van der Waals surface area contributed by atoms with Gasteiger partial charge in [-0.2, -0.15) is 0 Å². The quantitative estimate of drug-likeness (QED) is 0.534. The van der Waals surface area contributed by atoms with E-state index in [2.05, 4.69) is 22.8 Å². The number of imide groups is 1.